The van der Waals surface area contributed by atoms with Gasteiger partial charge in [-0.3, -0.25) is 14.5 Å². The van der Waals surface area contributed by atoms with Crippen LogP contribution in [0, 0.1) is 6.92 Å². The molecule has 0 bridgehead atoms. The number of carbonyl (C=O) groups is 3. The Labute approximate surface area is 111 Å². The second-order valence-electron chi connectivity index (χ2n) is 4.45. The number of hydrogen-bond donors (Lipinski definition) is 0. The molecule has 1 aromatic carbocycles. The van der Waals surface area contributed by atoms with E-state index in [-0.39, 0.29) is 6.61 Å². The highest BCUT2D eigenvalue weighted by molar-refractivity contribution is 6.52. The van der Waals surface area contributed by atoms with Crippen LogP contribution in [0.2, 0.25) is 0 Å². The topological polar surface area (TPSA) is 63.7 Å². The first-order chi connectivity index (χ1) is 8.97. The first-order valence-corrected chi connectivity index (χ1v) is 6.12. The highest BCUT2D eigenvalue weighted by Crippen LogP contribution is 2.31. The van der Waals surface area contributed by atoms with Gasteiger partial charge in [-0.2, -0.15) is 0 Å². The number of ketones is 1. The predicted octanol–water partition coefficient (Wildman–Crippen LogP) is 1.48. The highest BCUT2D eigenvalue weighted by Gasteiger charge is 2.41. The van der Waals surface area contributed by atoms with Gasteiger partial charge in [0.2, 0.25) is 0 Å². The zero-order valence-electron chi connectivity index (χ0n) is 11.1. The summed E-state index contributed by atoms with van der Waals surface area (Å²) in [6.07, 6.45) is 0. The van der Waals surface area contributed by atoms with E-state index in [9.17, 15) is 14.4 Å². The summed E-state index contributed by atoms with van der Waals surface area (Å²) in [4.78, 5) is 36.8. The van der Waals surface area contributed by atoms with E-state index < -0.39 is 23.7 Å². The summed E-state index contributed by atoms with van der Waals surface area (Å²) < 4.78 is 4.89. The third-order valence-corrected chi connectivity index (χ3v) is 3.08. The van der Waals surface area contributed by atoms with Crippen LogP contribution in [-0.4, -0.2) is 30.3 Å². The molecule has 0 aliphatic carbocycles. The molecule has 0 aromatic heterocycles. The van der Waals surface area contributed by atoms with E-state index in [1.807, 2.05) is 6.92 Å². The Balaban J connectivity index is 2.41. The maximum Gasteiger partial charge on any atom is 0.328 e. The number of rotatable bonds is 3. The van der Waals surface area contributed by atoms with Crippen molar-refractivity contribution in [1.29, 1.82) is 0 Å². The first-order valence-electron chi connectivity index (χ1n) is 6.12. The van der Waals surface area contributed by atoms with Gasteiger partial charge in [-0.15, -0.1) is 0 Å². The Kier molecular flexibility index (Phi) is 3.38. The minimum absolute atomic E-state index is 0.236. The van der Waals surface area contributed by atoms with Gasteiger partial charge in [0.25, 0.3) is 11.7 Å². The van der Waals surface area contributed by atoms with Crippen LogP contribution in [-0.2, 0) is 14.3 Å². The van der Waals surface area contributed by atoms with Crippen molar-refractivity contribution in [2.75, 3.05) is 11.5 Å². The van der Waals surface area contributed by atoms with Crippen LogP contribution in [0.15, 0.2) is 18.2 Å². The smallest absolute Gasteiger partial charge is 0.328 e. The van der Waals surface area contributed by atoms with Gasteiger partial charge < -0.3 is 4.74 Å². The monoisotopic (exact) mass is 261 g/mol. The van der Waals surface area contributed by atoms with E-state index >= 15 is 0 Å². The molecule has 1 aliphatic heterocycles. The third-order valence-electron chi connectivity index (χ3n) is 3.08. The molecule has 2 rings (SSSR count). The molecule has 5 nitrogen and oxygen atoms in total. The summed E-state index contributed by atoms with van der Waals surface area (Å²) in [5.74, 6) is -1.77. The fourth-order valence-corrected chi connectivity index (χ4v) is 2.13. The lowest BCUT2D eigenvalue weighted by molar-refractivity contribution is -0.145. The molecule has 100 valence electrons. The lowest BCUT2D eigenvalue weighted by Crippen LogP contribution is -2.43. The average Bonchev–Trinajstić information content (AvgIpc) is 2.62. The standard InChI is InChI=1S/C14H15NO4/c1-4-19-14(18)9(3)15-11-6-5-8(2)7-10(11)12(16)13(15)17/h5-7,9H,4H2,1-3H3. The second kappa shape index (κ2) is 4.84. The molecule has 1 amide bonds. The van der Waals surface area contributed by atoms with Crippen LogP contribution in [0.1, 0.15) is 29.8 Å². The maximum absolute atomic E-state index is 12.0. The van der Waals surface area contributed by atoms with Crippen molar-refractivity contribution in [3.63, 3.8) is 0 Å². The van der Waals surface area contributed by atoms with E-state index in [2.05, 4.69) is 0 Å². The second-order valence-corrected chi connectivity index (χ2v) is 4.45. The van der Waals surface area contributed by atoms with Crippen LogP contribution in [0.3, 0.4) is 0 Å². The molecular weight excluding hydrogens is 246 g/mol. The van der Waals surface area contributed by atoms with E-state index in [1.165, 1.54) is 4.90 Å². The molecule has 5 heteroatoms. The quantitative estimate of drug-likeness (QED) is 0.610. The van der Waals surface area contributed by atoms with Crippen molar-refractivity contribution in [1.82, 2.24) is 0 Å². The van der Waals surface area contributed by atoms with Gasteiger partial charge in [0, 0.05) is 0 Å². The van der Waals surface area contributed by atoms with Gasteiger partial charge >= 0.3 is 5.97 Å². The number of nitrogens with zero attached hydrogens (tertiary/aromatic N) is 1. The summed E-state index contributed by atoms with van der Waals surface area (Å²) in [6, 6.07) is 4.34. The first kappa shape index (κ1) is 13.3. The van der Waals surface area contributed by atoms with Crippen molar-refractivity contribution in [2.24, 2.45) is 0 Å². The SMILES string of the molecule is CCOC(=O)C(C)N1C(=O)C(=O)c2cc(C)ccc21. The average molecular weight is 261 g/mol. The van der Waals surface area contributed by atoms with Crippen molar-refractivity contribution in [3.05, 3.63) is 29.3 Å². The summed E-state index contributed by atoms with van der Waals surface area (Å²) in [7, 11) is 0. The summed E-state index contributed by atoms with van der Waals surface area (Å²) in [5.41, 5.74) is 1.72. The molecule has 0 fully saturated rings. The fourth-order valence-electron chi connectivity index (χ4n) is 2.13. The lowest BCUT2D eigenvalue weighted by Gasteiger charge is -2.22. The number of Topliss-reactive ketones (excluding diaryl/α,β-unsaturated/α-hetero) is 1. The molecule has 1 aliphatic rings. The molecule has 1 unspecified atom stereocenters. The number of benzene rings is 1. The van der Waals surface area contributed by atoms with E-state index in [1.54, 1.807) is 32.0 Å². The maximum atomic E-state index is 12.0. The van der Waals surface area contributed by atoms with Crippen molar-refractivity contribution in [3.8, 4) is 0 Å². The van der Waals surface area contributed by atoms with Crippen LogP contribution in [0.25, 0.3) is 0 Å². The zero-order valence-corrected chi connectivity index (χ0v) is 11.1. The largest absolute Gasteiger partial charge is 0.464 e. The molecule has 0 spiro atoms. The Morgan fingerprint density at radius 1 is 1.37 bits per heavy atom. The number of carbonyl (C=O) groups excluding carboxylic acids is 3. The molecule has 1 atom stereocenters. The number of fused-ring (bicyclic) bond motifs is 1. The fraction of sp³-hybridized carbons (Fsp3) is 0.357. The van der Waals surface area contributed by atoms with E-state index in [0.717, 1.165) is 5.56 Å². The molecular formula is C14H15NO4. The lowest BCUT2D eigenvalue weighted by atomic mass is 10.1. The Morgan fingerprint density at radius 2 is 2.05 bits per heavy atom. The predicted molar refractivity (Wildman–Crippen MR) is 69.1 cm³/mol. The summed E-state index contributed by atoms with van der Waals surface area (Å²) in [6.45, 7) is 5.33. The molecule has 1 aromatic rings. The van der Waals surface area contributed by atoms with Gasteiger partial charge in [-0.05, 0) is 32.9 Å². The Bertz CT molecular complexity index is 565. The Morgan fingerprint density at radius 3 is 2.68 bits per heavy atom. The van der Waals surface area contributed by atoms with Crippen LogP contribution < -0.4 is 4.90 Å². The Hall–Kier alpha value is -2.17. The molecule has 19 heavy (non-hydrogen) atoms. The number of amides is 1. The number of anilines is 1. The summed E-state index contributed by atoms with van der Waals surface area (Å²) >= 11 is 0. The molecule has 1 heterocycles. The minimum atomic E-state index is -0.805. The minimum Gasteiger partial charge on any atom is -0.464 e. The van der Waals surface area contributed by atoms with Gasteiger partial charge in [-0.25, -0.2) is 4.79 Å². The van der Waals surface area contributed by atoms with Crippen molar-refractivity contribution >= 4 is 23.3 Å². The number of ether oxygens (including phenoxy) is 1. The molecule has 0 radical (unpaired) electrons. The van der Waals surface area contributed by atoms with Crippen molar-refractivity contribution in [2.45, 2.75) is 26.8 Å². The number of hydrogen-bond acceptors (Lipinski definition) is 4. The normalized spacial score (nSPS) is 15.4. The molecule has 0 N–H and O–H groups in total. The van der Waals surface area contributed by atoms with Crippen LogP contribution >= 0.6 is 0 Å². The number of esters is 1. The van der Waals surface area contributed by atoms with Gasteiger partial charge in [-0.1, -0.05) is 11.6 Å². The molecule has 0 saturated carbocycles. The zero-order chi connectivity index (χ0) is 14.2. The van der Waals surface area contributed by atoms with Crippen molar-refractivity contribution < 1.29 is 19.1 Å². The third kappa shape index (κ3) is 2.12. The molecule has 0 saturated heterocycles. The van der Waals surface area contributed by atoms with Gasteiger partial charge in [0.1, 0.15) is 6.04 Å². The highest BCUT2D eigenvalue weighted by atomic mass is 16.5. The summed E-state index contributed by atoms with van der Waals surface area (Å²) in [5, 5.41) is 0. The van der Waals surface area contributed by atoms with Gasteiger partial charge in [0.05, 0.1) is 17.9 Å². The van der Waals surface area contributed by atoms with E-state index in [4.69, 9.17) is 4.74 Å². The number of aryl methyl sites for hydroxylation is 1. The van der Waals surface area contributed by atoms with Crippen LogP contribution in [0.4, 0.5) is 5.69 Å². The van der Waals surface area contributed by atoms with E-state index in [0.29, 0.717) is 11.3 Å². The van der Waals surface area contributed by atoms with Crippen LogP contribution in [0.5, 0.6) is 0 Å². The van der Waals surface area contributed by atoms with Gasteiger partial charge in [0.15, 0.2) is 0 Å².